The number of nitrogens with one attached hydrogen (secondary N) is 2. The predicted molar refractivity (Wildman–Crippen MR) is 109 cm³/mol. The zero-order valence-corrected chi connectivity index (χ0v) is 17.2. The smallest absolute Gasteiger partial charge is 0.239 e. The average molecular weight is 406 g/mol. The number of amides is 3. The summed E-state index contributed by atoms with van der Waals surface area (Å²) in [6.07, 6.45) is 3.72. The maximum Gasteiger partial charge on any atom is 0.239 e. The molecule has 2 aliphatic rings. The molecule has 6 nitrogen and oxygen atoms in total. The molecule has 2 N–H and O–H groups in total. The lowest BCUT2D eigenvalue weighted by molar-refractivity contribution is -0.134. The molecule has 0 bridgehead atoms. The fraction of sp³-hybridized carbons (Fsp3) is 0.571. The first-order valence-corrected chi connectivity index (χ1v) is 10.4. The Kier molecular flexibility index (Phi) is 6.60. The second kappa shape index (κ2) is 8.95. The van der Waals surface area contributed by atoms with E-state index in [-0.39, 0.29) is 35.7 Å². The van der Waals surface area contributed by atoms with E-state index in [4.69, 9.17) is 11.6 Å². The first-order valence-electron chi connectivity index (χ1n) is 10.0. The van der Waals surface area contributed by atoms with Crippen molar-refractivity contribution in [2.24, 2.45) is 11.8 Å². The van der Waals surface area contributed by atoms with E-state index < -0.39 is 5.92 Å². The molecule has 0 aromatic heterocycles. The summed E-state index contributed by atoms with van der Waals surface area (Å²) in [6.45, 7) is 4.40. The van der Waals surface area contributed by atoms with E-state index in [0.29, 0.717) is 24.4 Å². The summed E-state index contributed by atoms with van der Waals surface area (Å²) in [7, 11) is 0. The third kappa shape index (κ3) is 4.85. The minimum atomic E-state index is -0.666. The number of carbonyl (C=O) groups excluding carboxylic acids is 3. The van der Waals surface area contributed by atoms with E-state index in [0.717, 1.165) is 24.9 Å². The lowest BCUT2D eigenvalue weighted by Crippen LogP contribution is -2.46. The number of benzene rings is 1. The third-order valence-corrected chi connectivity index (χ3v) is 5.73. The summed E-state index contributed by atoms with van der Waals surface area (Å²) in [5.74, 6) is -1.09. The van der Waals surface area contributed by atoms with Crippen LogP contribution in [0.4, 0.5) is 5.69 Å². The van der Waals surface area contributed by atoms with Gasteiger partial charge in [-0.15, -0.1) is 0 Å². The van der Waals surface area contributed by atoms with Crippen molar-refractivity contribution in [3.8, 4) is 0 Å². The molecule has 0 spiro atoms. The van der Waals surface area contributed by atoms with Gasteiger partial charge in [0, 0.05) is 35.3 Å². The largest absolute Gasteiger partial charge is 0.354 e. The Bertz CT molecular complexity index is 735. The maximum absolute atomic E-state index is 12.7. The van der Waals surface area contributed by atoms with Crippen LogP contribution in [0.1, 0.15) is 46.0 Å². The van der Waals surface area contributed by atoms with Crippen LogP contribution in [0, 0.1) is 11.8 Å². The van der Waals surface area contributed by atoms with Crippen molar-refractivity contribution in [3.05, 3.63) is 29.3 Å². The van der Waals surface area contributed by atoms with Crippen molar-refractivity contribution in [2.45, 2.75) is 58.0 Å². The monoisotopic (exact) mass is 405 g/mol. The molecule has 1 heterocycles. The van der Waals surface area contributed by atoms with Crippen molar-refractivity contribution in [3.63, 3.8) is 0 Å². The number of rotatable bonds is 5. The molecule has 3 unspecified atom stereocenters. The van der Waals surface area contributed by atoms with Crippen molar-refractivity contribution in [1.82, 2.24) is 10.6 Å². The fourth-order valence-corrected chi connectivity index (χ4v) is 4.19. The van der Waals surface area contributed by atoms with Crippen LogP contribution in [-0.2, 0) is 14.4 Å². The third-order valence-electron chi connectivity index (χ3n) is 5.48. The van der Waals surface area contributed by atoms with Crippen molar-refractivity contribution < 1.29 is 14.4 Å². The molecule has 1 aliphatic heterocycles. The van der Waals surface area contributed by atoms with Crippen LogP contribution in [0.2, 0.25) is 5.02 Å². The fourth-order valence-electron chi connectivity index (χ4n) is 4.06. The van der Waals surface area contributed by atoms with Crippen LogP contribution in [0.15, 0.2) is 24.3 Å². The first-order chi connectivity index (χ1) is 13.3. The van der Waals surface area contributed by atoms with Gasteiger partial charge in [-0.3, -0.25) is 14.4 Å². The van der Waals surface area contributed by atoms with Gasteiger partial charge in [0.25, 0.3) is 0 Å². The summed E-state index contributed by atoms with van der Waals surface area (Å²) < 4.78 is 0. The lowest BCUT2D eigenvalue weighted by atomic mass is 9.84. The van der Waals surface area contributed by atoms with Crippen LogP contribution in [-0.4, -0.2) is 36.3 Å². The summed E-state index contributed by atoms with van der Waals surface area (Å²) in [6, 6.07) is 7.11. The van der Waals surface area contributed by atoms with Gasteiger partial charge in [0.1, 0.15) is 5.92 Å². The van der Waals surface area contributed by atoms with Crippen molar-refractivity contribution in [2.75, 3.05) is 11.4 Å². The molecule has 3 rings (SSSR count). The molecule has 3 atom stereocenters. The minimum absolute atomic E-state index is 0.0541. The Balaban J connectivity index is 1.56. The predicted octanol–water partition coefficient (Wildman–Crippen LogP) is 2.89. The Morgan fingerprint density at radius 3 is 2.50 bits per heavy atom. The molecular weight excluding hydrogens is 378 g/mol. The molecule has 7 heteroatoms. The van der Waals surface area contributed by atoms with E-state index in [1.807, 2.05) is 13.8 Å². The average Bonchev–Trinajstić information content (AvgIpc) is 3.03. The van der Waals surface area contributed by atoms with E-state index in [2.05, 4.69) is 10.6 Å². The van der Waals surface area contributed by atoms with Crippen LogP contribution in [0.3, 0.4) is 0 Å². The summed E-state index contributed by atoms with van der Waals surface area (Å²) in [4.78, 5) is 39.4. The number of anilines is 1. The summed E-state index contributed by atoms with van der Waals surface area (Å²) in [5.41, 5.74) is 0.757. The quantitative estimate of drug-likeness (QED) is 0.739. The number of hydrogen-bond donors (Lipinski definition) is 2. The molecule has 3 amide bonds. The second-order valence-electron chi connectivity index (χ2n) is 8.04. The van der Waals surface area contributed by atoms with Gasteiger partial charge in [-0.2, -0.15) is 0 Å². The van der Waals surface area contributed by atoms with Crippen molar-refractivity contribution >= 4 is 35.0 Å². The Morgan fingerprint density at radius 2 is 1.82 bits per heavy atom. The van der Waals surface area contributed by atoms with E-state index >= 15 is 0 Å². The standard InChI is InChI=1S/C21H28ClN3O3/c1-13(2)23-19(26)14-4-3-5-16(12-14)24-20(27)18-10-11-25(21(18)28)17-8-6-15(22)7-9-17/h6-9,13-14,16,18H,3-5,10-12H2,1-2H3,(H,23,26)(H,24,27). The second-order valence-corrected chi connectivity index (χ2v) is 8.48. The highest BCUT2D eigenvalue weighted by Crippen LogP contribution is 2.28. The molecule has 1 saturated heterocycles. The Hall–Kier alpha value is -2.08. The molecule has 1 aliphatic carbocycles. The SMILES string of the molecule is CC(C)NC(=O)C1CCCC(NC(=O)C2CCN(c3ccc(Cl)cc3)C2=O)C1. The molecule has 1 aromatic carbocycles. The van der Waals surface area contributed by atoms with Gasteiger partial charge in [-0.1, -0.05) is 18.0 Å². The minimum Gasteiger partial charge on any atom is -0.354 e. The highest BCUT2D eigenvalue weighted by molar-refractivity contribution is 6.30. The van der Waals surface area contributed by atoms with Gasteiger partial charge >= 0.3 is 0 Å². The first kappa shape index (κ1) is 20.6. The Morgan fingerprint density at radius 1 is 1.11 bits per heavy atom. The number of hydrogen-bond acceptors (Lipinski definition) is 3. The number of halogens is 1. The molecule has 1 saturated carbocycles. The molecule has 2 fully saturated rings. The van der Waals surface area contributed by atoms with Gasteiger partial charge in [-0.05, 0) is 63.8 Å². The van der Waals surface area contributed by atoms with E-state index in [1.165, 1.54) is 0 Å². The highest BCUT2D eigenvalue weighted by Gasteiger charge is 2.39. The van der Waals surface area contributed by atoms with Crippen LogP contribution in [0.25, 0.3) is 0 Å². The van der Waals surface area contributed by atoms with Crippen LogP contribution >= 0.6 is 11.6 Å². The highest BCUT2D eigenvalue weighted by atomic mass is 35.5. The van der Waals surface area contributed by atoms with Crippen LogP contribution in [0.5, 0.6) is 0 Å². The van der Waals surface area contributed by atoms with Gasteiger partial charge < -0.3 is 15.5 Å². The maximum atomic E-state index is 12.7. The molecule has 0 radical (unpaired) electrons. The Labute approximate surface area is 171 Å². The summed E-state index contributed by atoms with van der Waals surface area (Å²) >= 11 is 5.91. The zero-order valence-electron chi connectivity index (χ0n) is 16.4. The van der Waals surface area contributed by atoms with E-state index in [9.17, 15) is 14.4 Å². The van der Waals surface area contributed by atoms with Gasteiger partial charge in [0.05, 0.1) is 0 Å². The van der Waals surface area contributed by atoms with Gasteiger partial charge in [0.2, 0.25) is 17.7 Å². The number of carbonyl (C=O) groups is 3. The van der Waals surface area contributed by atoms with Crippen molar-refractivity contribution in [1.29, 1.82) is 0 Å². The van der Waals surface area contributed by atoms with Gasteiger partial charge in [-0.25, -0.2) is 0 Å². The zero-order chi connectivity index (χ0) is 20.3. The van der Waals surface area contributed by atoms with Gasteiger partial charge in [0.15, 0.2) is 0 Å². The van der Waals surface area contributed by atoms with E-state index in [1.54, 1.807) is 29.2 Å². The molecule has 28 heavy (non-hydrogen) atoms. The molecule has 152 valence electrons. The van der Waals surface area contributed by atoms with Crippen LogP contribution < -0.4 is 15.5 Å². The lowest BCUT2D eigenvalue weighted by Gasteiger charge is -2.30. The molecule has 1 aromatic rings. The topological polar surface area (TPSA) is 78.5 Å². The summed E-state index contributed by atoms with van der Waals surface area (Å²) in [5, 5.41) is 6.59. The number of nitrogens with zero attached hydrogens (tertiary/aromatic N) is 1. The molecular formula is C21H28ClN3O3. The normalized spacial score (nSPS) is 25.1.